The summed E-state index contributed by atoms with van der Waals surface area (Å²) >= 11 is 0. The lowest BCUT2D eigenvalue weighted by molar-refractivity contribution is 0.360. The Labute approximate surface area is 84.8 Å². The molecule has 0 saturated carbocycles. The van der Waals surface area contributed by atoms with Crippen molar-refractivity contribution in [3.8, 4) is 0 Å². The van der Waals surface area contributed by atoms with Crippen molar-refractivity contribution in [3.05, 3.63) is 35.4 Å². The van der Waals surface area contributed by atoms with E-state index in [0.29, 0.717) is 6.07 Å². The van der Waals surface area contributed by atoms with Gasteiger partial charge in [0, 0.05) is 5.56 Å². The molecule has 7 heteroatoms. The molecule has 3 nitrogen and oxygen atoms in total. The van der Waals surface area contributed by atoms with E-state index in [-0.39, 0.29) is 0 Å². The predicted octanol–water partition coefficient (Wildman–Crippen LogP) is 1.26. The fourth-order valence-electron chi connectivity index (χ4n) is 1.05. The molecule has 0 spiro atoms. The molecule has 0 aliphatic rings. The first kappa shape index (κ1) is 12.0. The standard InChI is InChI=1S/C8H8F3NO2S/c9-5-1-2-7(10)6(3-5)8(11)4-15(12,13)14/h1-3,8H,4H2,(H2,12,13,14). The number of hydrogen-bond acceptors (Lipinski definition) is 2. The Morgan fingerprint density at radius 2 is 1.93 bits per heavy atom. The van der Waals surface area contributed by atoms with E-state index >= 15 is 0 Å². The first-order valence-electron chi connectivity index (χ1n) is 3.89. The minimum absolute atomic E-state index is 0.602. The van der Waals surface area contributed by atoms with Crippen molar-refractivity contribution in [2.45, 2.75) is 6.17 Å². The van der Waals surface area contributed by atoms with Crippen LogP contribution in [0.3, 0.4) is 0 Å². The van der Waals surface area contributed by atoms with Crippen molar-refractivity contribution in [3.63, 3.8) is 0 Å². The van der Waals surface area contributed by atoms with Crippen LogP contribution < -0.4 is 5.14 Å². The quantitative estimate of drug-likeness (QED) is 0.863. The Kier molecular flexibility index (Phi) is 3.35. The van der Waals surface area contributed by atoms with Gasteiger partial charge in [-0.15, -0.1) is 0 Å². The molecule has 15 heavy (non-hydrogen) atoms. The lowest BCUT2D eigenvalue weighted by Gasteiger charge is -2.08. The minimum atomic E-state index is -4.07. The van der Waals surface area contributed by atoms with Crippen molar-refractivity contribution in [2.24, 2.45) is 5.14 Å². The lowest BCUT2D eigenvalue weighted by atomic mass is 10.1. The summed E-state index contributed by atoms with van der Waals surface area (Å²) in [5.74, 6) is -2.93. The number of sulfonamides is 1. The van der Waals surface area contributed by atoms with Crippen LogP contribution in [0.15, 0.2) is 18.2 Å². The number of primary sulfonamides is 1. The normalized spacial score (nSPS) is 13.9. The van der Waals surface area contributed by atoms with Gasteiger partial charge in [-0.05, 0) is 18.2 Å². The molecular formula is C8H8F3NO2S. The summed E-state index contributed by atoms with van der Waals surface area (Å²) in [6, 6.07) is 2.13. The Morgan fingerprint density at radius 3 is 2.47 bits per heavy atom. The van der Waals surface area contributed by atoms with Gasteiger partial charge in [0.2, 0.25) is 10.0 Å². The number of alkyl halides is 1. The first-order valence-corrected chi connectivity index (χ1v) is 5.60. The van der Waals surface area contributed by atoms with Gasteiger partial charge in [0.15, 0.2) is 0 Å². The van der Waals surface area contributed by atoms with E-state index in [9.17, 15) is 21.6 Å². The Hall–Kier alpha value is -1.08. The van der Waals surface area contributed by atoms with E-state index < -0.39 is 39.1 Å². The molecular weight excluding hydrogens is 231 g/mol. The van der Waals surface area contributed by atoms with Crippen LogP contribution in [0.5, 0.6) is 0 Å². The molecule has 0 amide bonds. The van der Waals surface area contributed by atoms with Crippen LogP contribution >= 0.6 is 0 Å². The van der Waals surface area contributed by atoms with Gasteiger partial charge in [-0.1, -0.05) is 0 Å². The zero-order valence-corrected chi connectivity index (χ0v) is 8.27. The second-order valence-electron chi connectivity index (χ2n) is 2.96. The monoisotopic (exact) mass is 239 g/mol. The van der Waals surface area contributed by atoms with E-state index in [1.54, 1.807) is 0 Å². The van der Waals surface area contributed by atoms with Gasteiger partial charge in [-0.25, -0.2) is 26.7 Å². The number of hydrogen-bond donors (Lipinski definition) is 1. The Bertz CT molecular complexity index is 461. The average molecular weight is 239 g/mol. The summed E-state index contributed by atoms with van der Waals surface area (Å²) < 4.78 is 59.9. The predicted molar refractivity (Wildman–Crippen MR) is 48.2 cm³/mol. The van der Waals surface area contributed by atoms with Crippen molar-refractivity contribution in [1.82, 2.24) is 0 Å². The molecule has 0 radical (unpaired) electrons. The van der Waals surface area contributed by atoms with Crippen LogP contribution in [-0.2, 0) is 10.0 Å². The highest BCUT2D eigenvalue weighted by molar-refractivity contribution is 7.89. The SMILES string of the molecule is NS(=O)(=O)CC(F)c1cc(F)ccc1F. The molecule has 0 saturated heterocycles. The lowest BCUT2D eigenvalue weighted by Crippen LogP contribution is -2.20. The number of benzene rings is 1. The van der Waals surface area contributed by atoms with Crippen molar-refractivity contribution < 1.29 is 21.6 Å². The molecule has 1 aromatic rings. The Morgan fingerprint density at radius 1 is 1.33 bits per heavy atom. The molecule has 0 heterocycles. The molecule has 0 fully saturated rings. The molecule has 2 N–H and O–H groups in total. The summed E-state index contributed by atoms with van der Waals surface area (Å²) in [5.41, 5.74) is -0.649. The third kappa shape index (κ3) is 3.52. The Balaban J connectivity index is 3.00. The number of rotatable bonds is 3. The van der Waals surface area contributed by atoms with E-state index in [2.05, 4.69) is 5.14 Å². The van der Waals surface area contributed by atoms with E-state index in [1.807, 2.05) is 0 Å². The van der Waals surface area contributed by atoms with Crippen LogP contribution in [-0.4, -0.2) is 14.2 Å². The highest BCUT2D eigenvalue weighted by Gasteiger charge is 2.20. The molecule has 0 aliphatic carbocycles. The maximum atomic E-state index is 13.2. The van der Waals surface area contributed by atoms with Gasteiger partial charge in [0.1, 0.15) is 17.8 Å². The van der Waals surface area contributed by atoms with Crippen molar-refractivity contribution in [1.29, 1.82) is 0 Å². The third-order valence-electron chi connectivity index (χ3n) is 1.67. The van der Waals surface area contributed by atoms with Gasteiger partial charge < -0.3 is 0 Å². The topological polar surface area (TPSA) is 60.2 Å². The largest absolute Gasteiger partial charge is 0.241 e. The van der Waals surface area contributed by atoms with Gasteiger partial charge in [-0.2, -0.15) is 0 Å². The summed E-state index contributed by atoms with van der Waals surface area (Å²) in [6.45, 7) is 0. The van der Waals surface area contributed by atoms with Crippen molar-refractivity contribution >= 4 is 10.0 Å². The minimum Gasteiger partial charge on any atom is -0.241 e. The first-order chi connectivity index (χ1) is 6.79. The maximum Gasteiger partial charge on any atom is 0.212 e. The van der Waals surface area contributed by atoms with Gasteiger partial charge in [0.05, 0.1) is 5.75 Å². The highest BCUT2D eigenvalue weighted by atomic mass is 32.2. The fraction of sp³-hybridized carbons (Fsp3) is 0.250. The number of nitrogens with two attached hydrogens (primary N) is 1. The van der Waals surface area contributed by atoms with E-state index in [4.69, 9.17) is 0 Å². The van der Waals surface area contributed by atoms with Crippen LogP contribution in [0.25, 0.3) is 0 Å². The van der Waals surface area contributed by atoms with Crippen LogP contribution in [0, 0.1) is 11.6 Å². The molecule has 1 atom stereocenters. The molecule has 1 rings (SSSR count). The van der Waals surface area contributed by atoms with Crippen LogP contribution in [0.1, 0.15) is 11.7 Å². The zero-order valence-electron chi connectivity index (χ0n) is 7.45. The second-order valence-corrected chi connectivity index (χ2v) is 4.62. The summed E-state index contributed by atoms with van der Waals surface area (Å²) in [4.78, 5) is 0. The third-order valence-corrected chi connectivity index (χ3v) is 2.43. The van der Waals surface area contributed by atoms with Gasteiger partial charge >= 0.3 is 0 Å². The summed E-state index contributed by atoms with van der Waals surface area (Å²) in [7, 11) is -4.07. The van der Waals surface area contributed by atoms with Gasteiger partial charge in [0.25, 0.3) is 0 Å². The maximum absolute atomic E-state index is 13.2. The molecule has 0 aromatic heterocycles. The zero-order chi connectivity index (χ0) is 11.6. The van der Waals surface area contributed by atoms with Crippen LogP contribution in [0.2, 0.25) is 0 Å². The smallest absolute Gasteiger partial charge is 0.212 e. The number of halogens is 3. The second kappa shape index (κ2) is 4.19. The summed E-state index contributed by atoms with van der Waals surface area (Å²) in [6.07, 6.45) is -2.17. The van der Waals surface area contributed by atoms with E-state index in [0.717, 1.165) is 12.1 Å². The molecule has 84 valence electrons. The van der Waals surface area contributed by atoms with Crippen LogP contribution in [0.4, 0.5) is 13.2 Å². The van der Waals surface area contributed by atoms with E-state index in [1.165, 1.54) is 0 Å². The molecule has 0 aliphatic heterocycles. The fourth-order valence-corrected chi connectivity index (χ4v) is 1.64. The molecule has 0 bridgehead atoms. The van der Waals surface area contributed by atoms with Crippen molar-refractivity contribution in [2.75, 3.05) is 5.75 Å². The van der Waals surface area contributed by atoms with Gasteiger partial charge in [-0.3, -0.25) is 0 Å². The average Bonchev–Trinajstić information content (AvgIpc) is 2.06. The summed E-state index contributed by atoms with van der Waals surface area (Å²) in [5, 5.41) is 4.58. The molecule has 1 aromatic carbocycles. The molecule has 1 unspecified atom stereocenters. The highest BCUT2D eigenvalue weighted by Crippen LogP contribution is 2.22.